The third kappa shape index (κ3) is 3.67. The van der Waals surface area contributed by atoms with Crippen molar-refractivity contribution in [2.75, 3.05) is 20.6 Å². The molecule has 0 spiro atoms. The van der Waals surface area contributed by atoms with Gasteiger partial charge in [-0.3, -0.25) is 0 Å². The molecule has 2 aromatic carbocycles. The third-order valence-electron chi connectivity index (χ3n) is 4.25. The molecule has 0 amide bonds. The van der Waals surface area contributed by atoms with E-state index in [0.717, 1.165) is 19.5 Å². The molecule has 0 N–H and O–H groups in total. The standard InChI is InChI=1S/C20H23BrN2/c1-15-8-9-20-18(12-15)16(10-11-22(2)3)13-23(20)14-17-6-4-5-7-19(17)21/h4-9,12-13H,10-11,14H2,1-3H3. The van der Waals surface area contributed by atoms with Crippen molar-refractivity contribution >= 4 is 26.8 Å². The number of hydrogen-bond acceptors (Lipinski definition) is 1. The van der Waals surface area contributed by atoms with Crippen molar-refractivity contribution in [2.24, 2.45) is 0 Å². The molecule has 0 bridgehead atoms. The first kappa shape index (κ1) is 16.3. The summed E-state index contributed by atoms with van der Waals surface area (Å²) in [6.45, 7) is 4.13. The van der Waals surface area contributed by atoms with E-state index in [4.69, 9.17) is 0 Å². The fourth-order valence-electron chi connectivity index (χ4n) is 2.97. The van der Waals surface area contributed by atoms with E-state index >= 15 is 0 Å². The molecule has 120 valence electrons. The van der Waals surface area contributed by atoms with E-state index in [1.807, 2.05) is 0 Å². The highest BCUT2D eigenvalue weighted by molar-refractivity contribution is 9.10. The maximum atomic E-state index is 3.67. The fourth-order valence-corrected chi connectivity index (χ4v) is 3.38. The Bertz CT molecular complexity index is 818. The SMILES string of the molecule is Cc1ccc2c(c1)c(CCN(C)C)cn2Cc1ccccc1Br. The normalized spacial score (nSPS) is 11.5. The van der Waals surface area contributed by atoms with Gasteiger partial charge in [0, 0.05) is 34.7 Å². The molecule has 0 aliphatic carbocycles. The molecule has 3 rings (SSSR count). The summed E-state index contributed by atoms with van der Waals surface area (Å²) in [4.78, 5) is 2.24. The lowest BCUT2D eigenvalue weighted by Crippen LogP contribution is -2.14. The van der Waals surface area contributed by atoms with E-state index in [1.54, 1.807) is 0 Å². The topological polar surface area (TPSA) is 8.17 Å². The number of aromatic nitrogens is 1. The Kier molecular flexibility index (Phi) is 4.88. The number of benzene rings is 2. The molecule has 1 aromatic heterocycles. The van der Waals surface area contributed by atoms with Gasteiger partial charge in [-0.15, -0.1) is 0 Å². The summed E-state index contributed by atoms with van der Waals surface area (Å²) >= 11 is 3.67. The Hall–Kier alpha value is -1.58. The van der Waals surface area contributed by atoms with Gasteiger partial charge in [0.15, 0.2) is 0 Å². The third-order valence-corrected chi connectivity index (χ3v) is 5.02. The van der Waals surface area contributed by atoms with E-state index in [1.165, 1.54) is 32.1 Å². The summed E-state index contributed by atoms with van der Waals surface area (Å²) < 4.78 is 3.55. The van der Waals surface area contributed by atoms with Gasteiger partial charge in [-0.05, 0) is 56.8 Å². The highest BCUT2D eigenvalue weighted by Crippen LogP contribution is 2.26. The smallest absolute Gasteiger partial charge is 0.0487 e. The minimum atomic E-state index is 0.892. The van der Waals surface area contributed by atoms with Crippen molar-refractivity contribution in [1.29, 1.82) is 0 Å². The quantitative estimate of drug-likeness (QED) is 0.622. The lowest BCUT2D eigenvalue weighted by atomic mass is 10.1. The van der Waals surface area contributed by atoms with Gasteiger partial charge in [0.25, 0.3) is 0 Å². The van der Waals surface area contributed by atoms with Gasteiger partial charge in [0.05, 0.1) is 0 Å². The van der Waals surface area contributed by atoms with Gasteiger partial charge in [-0.2, -0.15) is 0 Å². The predicted molar refractivity (Wildman–Crippen MR) is 102 cm³/mol. The first-order valence-corrected chi connectivity index (χ1v) is 8.80. The number of halogens is 1. The van der Waals surface area contributed by atoms with Crippen molar-refractivity contribution in [2.45, 2.75) is 19.9 Å². The van der Waals surface area contributed by atoms with Crippen molar-refractivity contribution < 1.29 is 0 Å². The minimum absolute atomic E-state index is 0.892. The largest absolute Gasteiger partial charge is 0.343 e. The lowest BCUT2D eigenvalue weighted by Gasteiger charge is -2.08. The second-order valence-electron chi connectivity index (χ2n) is 6.45. The van der Waals surface area contributed by atoms with Crippen LogP contribution < -0.4 is 0 Å². The molecule has 0 aliphatic heterocycles. The van der Waals surface area contributed by atoms with Crippen LogP contribution in [0, 0.1) is 6.92 Å². The number of likely N-dealkylation sites (N-methyl/N-ethyl adjacent to an activating group) is 1. The van der Waals surface area contributed by atoms with Crippen LogP contribution >= 0.6 is 15.9 Å². The van der Waals surface area contributed by atoms with Gasteiger partial charge < -0.3 is 9.47 Å². The van der Waals surface area contributed by atoms with Crippen LogP contribution in [0.2, 0.25) is 0 Å². The molecule has 0 saturated heterocycles. The van der Waals surface area contributed by atoms with E-state index in [2.05, 4.69) is 95.1 Å². The van der Waals surface area contributed by atoms with Gasteiger partial charge in [0.2, 0.25) is 0 Å². The molecule has 3 aromatic rings. The van der Waals surface area contributed by atoms with Gasteiger partial charge in [-0.25, -0.2) is 0 Å². The maximum absolute atomic E-state index is 3.67. The Morgan fingerprint density at radius 3 is 2.57 bits per heavy atom. The fraction of sp³-hybridized carbons (Fsp3) is 0.300. The molecule has 0 aliphatic rings. The average molecular weight is 371 g/mol. The summed E-state index contributed by atoms with van der Waals surface area (Å²) in [6, 6.07) is 15.2. The monoisotopic (exact) mass is 370 g/mol. The van der Waals surface area contributed by atoms with Crippen LogP contribution in [0.25, 0.3) is 10.9 Å². The molecular weight excluding hydrogens is 348 g/mol. The summed E-state index contributed by atoms with van der Waals surface area (Å²) in [6.07, 6.45) is 3.41. The maximum Gasteiger partial charge on any atom is 0.0487 e. The molecule has 3 heteroatoms. The van der Waals surface area contributed by atoms with Gasteiger partial charge in [0.1, 0.15) is 0 Å². The van der Waals surface area contributed by atoms with Crippen molar-refractivity contribution in [3.63, 3.8) is 0 Å². The zero-order chi connectivity index (χ0) is 16.4. The highest BCUT2D eigenvalue weighted by atomic mass is 79.9. The van der Waals surface area contributed by atoms with Crippen LogP contribution in [0.1, 0.15) is 16.7 Å². The van der Waals surface area contributed by atoms with Crippen molar-refractivity contribution in [3.8, 4) is 0 Å². The zero-order valence-corrected chi connectivity index (χ0v) is 15.6. The van der Waals surface area contributed by atoms with Crippen LogP contribution in [0.15, 0.2) is 53.1 Å². The molecule has 0 unspecified atom stereocenters. The number of fused-ring (bicyclic) bond motifs is 1. The summed E-state index contributed by atoms with van der Waals surface area (Å²) in [5.41, 5.74) is 5.39. The Balaban J connectivity index is 2.01. The molecule has 0 atom stereocenters. The second kappa shape index (κ2) is 6.90. The minimum Gasteiger partial charge on any atom is -0.343 e. The Morgan fingerprint density at radius 1 is 1.04 bits per heavy atom. The van der Waals surface area contributed by atoms with Crippen LogP contribution in [-0.4, -0.2) is 30.1 Å². The second-order valence-corrected chi connectivity index (χ2v) is 7.30. The average Bonchev–Trinajstić information content (AvgIpc) is 2.84. The van der Waals surface area contributed by atoms with Crippen LogP contribution in [0.3, 0.4) is 0 Å². The molecule has 0 saturated carbocycles. The number of nitrogens with zero attached hydrogens (tertiary/aromatic N) is 2. The molecule has 2 nitrogen and oxygen atoms in total. The molecule has 1 heterocycles. The molecule has 0 radical (unpaired) electrons. The Labute approximate surface area is 146 Å². The highest BCUT2D eigenvalue weighted by Gasteiger charge is 2.10. The number of hydrogen-bond donors (Lipinski definition) is 0. The lowest BCUT2D eigenvalue weighted by molar-refractivity contribution is 0.414. The first-order chi connectivity index (χ1) is 11.0. The molecule has 23 heavy (non-hydrogen) atoms. The first-order valence-electron chi connectivity index (χ1n) is 8.01. The Morgan fingerprint density at radius 2 is 1.83 bits per heavy atom. The van der Waals surface area contributed by atoms with Crippen LogP contribution in [0.5, 0.6) is 0 Å². The van der Waals surface area contributed by atoms with Crippen LogP contribution in [0.4, 0.5) is 0 Å². The summed E-state index contributed by atoms with van der Waals surface area (Å²) in [5.74, 6) is 0. The molecular formula is C20H23BrN2. The number of aryl methyl sites for hydroxylation is 1. The van der Waals surface area contributed by atoms with Crippen molar-refractivity contribution in [3.05, 3.63) is 69.8 Å². The summed E-state index contributed by atoms with van der Waals surface area (Å²) in [5, 5.41) is 1.39. The van der Waals surface area contributed by atoms with Gasteiger partial charge >= 0.3 is 0 Å². The van der Waals surface area contributed by atoms with E-state index in [9.17, 15) is 0 Å². The van der Waals surface area contributed by atoms with E-state index < -0.39 is 0 Å². The molecule has 0 fully saturated rings. The summed E-state index contributed by atoms with van der Waals surface area (Å²) in [7, 11) is 4.26. The van der Waals surface area contributed by atoms with Gasteiger partial charge in [-0.1, -0.05) is 45.8 Å². The van der Waals surface area contributed by atoms with Crippen molar-refractivity contribution in [1.82, 2.24) is 9.47 Å². The number of rotatable bonds is 5. The zero-order valence-electron chi connectivity index (χ0n) is 14.0. The van der Waals surface area contributed by atoms with E-state index in [0.29, 0.717) is 0 Å². The predicted octanol–water partition coefficient (Wildman–Crippen LogP) is 4.86. The van der Waals surface area contributed by atoms with Crippen LogP contribution in [-0.2, 0) is 13.0 Å². The van der Waals surface area contributed by atoms with E-state index in [-0.39, 0.29) is 0 Å².